The van der Waals surface area contributed by atoms with Crippen molar-refractivity contribution in [3.63, 3.8) is 0 Å². The van der Waals surface area contributed by atoms with Crippen molar-refractivity contribution in [1.29, 1.82) is 0 Å². The van der Waals surface area contributed by atoms with Crippen LogP contribution in [0.2, 0.25) is 0 Å². The van der Waals surface area contributed by atoms with E-state index in [0.29, 0.717) is 5.56 Å². The molecule has 2 aromatic rings. The Morgan fingerprint density at radius 2 is 1.59 bits per heavy atom. The third-order valence-corrected chi connectivity index (χ3v) is 4.36. The van der Waals surface area contributed by atoms with Crippen molar-refractivity contribution in [2.75, 3.05) is 0 Å². The number of carbonyl (C=O) groups excluding carboxylic acids is 2. The average Bonchev–Trinajstić information content (AvgIpc) is 3.07. The highest BCUT2D eigenvalue weighted by Crippen LogP contribution is 2.25. The van der Waals surface area contributed by atoms with Gasteiger partial charge in [0.1, 0.15) is 5.75 Å². The molecule has 0 saturated carbocycles. The number of Topliss-reactive ketones (excluding diaryl/α,β-unsaturated/α-hetero) is 1. The molecule has 1 aliphatic rings. The van der Waals surface area contributed by atoms with Crippen molar-refractivity contribution in [1.82, 2.24) is 0 Å². The zero-order valence-corrected chi connectivity index (χ0v) is 14.5. The minimum atomic E-state index is -4.81. The van der Waals surface area contributed by atoms with Crippen LogP contribution in [0.15, 0.2) is 42.5 Å². The number of hydrogen-bond donors (Lipinski definition) is 0. The van der Waals surface area contributed by atoms with Crippen LogP contribution in [0, 0.1) is 0 Å². The van der Waals surface area contributed by atoms with Crippen LogP contribution in [0.3, 0.4) is 0 Å². The molecule has 4 nitrogen and oxygen atoms in total. The Balaban J connectivity index is 1.64. The van der Waals surface area contributed by atoms with E-state index in [9.17, 15) is 22.8 Å². The van der Waals surface area contributed by atoms with Gasteiger partial charge in [-0.3, -0.25) is 4.79 Å². The van der Waals surface area contributed by atoms with Crippen molar-refractivity contribution >= 4 is 11.8 Å². The molecule has 0 N–H and O–H groups in total. The van der Waals surface area contributed by atoms with Gasteiger partial charge in [-0.25, -0.2) is 4.79 Å². The Hall–Kier alpha value is -2.83. The van der Waals surface area contributed by atoms with E-state index in [0.717, 1.165) is 49.1 Å². The lowest BCUT2D eigenvalue weighted by molar-refractivity contribution is -0.274. The summed E-state index contributed by atoms with van der Waals surface area (Å²) in [7, 11) is 0. The predicted octanol–water partition coefficient (Wildman–Crippen LogP) is 4.50. The van der Waals surface area contributed by atoms with Crippen LogP contribution in [-0.4, -0.2) is 24.2 Å². The Labute approximate surface area is 153 Å². The average molecular weight is 378 g/mol. The number of ether oxygens (including phenoxy) is 2. The summed E-state index contributed by atoms with van der Waals surface area (Å²) in [5, 5.41) is 0. The van der Waals surface area contributed by atoms with Gasteiger partial charge in [-0.1, -0.05) is 12.1 Å². The molecular formula is C20H17F3O4. The number of benzene rings is 2. The molecule has 0 radical (unpaired) electrons. The molecule has 2 aromatic carbocycles. The van der Waals surface area contributed by atoms with Crippen LogP contribution in [0.1, 0.15) is 45.2 Å². The highest BCUT2D eigenvalue weighted by atomic mass is 19.4. The fourth-order valence-electron chi connectivity index (χ4n) is 3.03. The number of carbonyl (C=O) groups is 2. The summed E-state index contributed by atoms with van der Waals surface area (Å²) >= 11 is 0. The zero-order chi connectivity index (χ0) is 19.6. The van der Waals surface area contributed by atoms with Crippen LogP contribution in [0.5, 0.6) is 5.75 Å². The predicted molar refractivity (Wildman–Crippen MR) is 90.8 cm³/mol. The quantitative estimate of drug-likeness (QED) is 0.568. The Kier molecular flexibility index (Phi) is 5.21. The fraction of sp³-hybridized carbons (Fsp3) is 0.300. The SMILES string of the molecule is C[C@H](OC(=O)c1ccc(OC(F)(F)F)cc1)C(=O)c1ccc2c(c1)CCC2. The molecule has 0 aliphatic heterocycles. The van der Waals surface area contributed by atoms with E-state index in [2.05, 4.69) is 4.74 Å². The van der Waals surface area contributed by atoms with Crippen molar-refractivity contribution < 1.29 is 32.2 Å². The number of esters is 1. The second-order valence-corrected chi connectivity index (χ2v) is 6.32. The minimum absolute atomic E-state index is 0.0260. The van der Waals surface area contributed by atoms with Gasteiger partial charge in [-0.05, 0) is 67.6 Å². The maximum atomic E-state index is 12.5. The number of alkyl halides is 3. The van der Waals surface area contributed by atoms with Gasteiger partial charge in [0, 0.05) is 5.56 Å². The third kappa shape index (κ3) is 4.67. The van der Waals surface area contributed by atoms with Gasteiger partial charge in [0.25, 0.3) is 0 Å². The van der Waals surface area contributed by atoms with Crippen molar-refractivity contribution in [2.45, 2.75) is 38.7 Å². The second-order valence-electron chi connectivity index (χ2n) is 6.32. The maximum Gasteiger partial charge on any atom is 0.573 e. The monoisotopic (exact) mass is 378 g/mol. The molecule has 142 valence electrons. The van der Waals surface area contributed by atoms with E-state index in [-0.39, 0.29) is 11.3 Å². The summed E-state index contributed by atoms with van der Waals surface area (Å²) in [6.07, 6.45) is -2.83. The van der Waals surface area contributed by atoms with Gasteiger partial charge < -0.3 is 9.47 Å². The lowest BCUT2D eigenvalue weighted by Crippen LogP contribution is -2.24. The van der Waals surface area contributed by atoms with Crippen LogP contribution in [0.4, 0.5) is 13.2 Å². The molecule has 7 heteroatoms. The lowest BCUT2D eigenvalue weighted by atomic mass is 10.0. The standard InChI is InChI=1S/C20H17F3O4/c1-12(18(24)16-6-5-13-3-2-4-15(13)11-16)26-19(25)14-7-9-17(10-8-14)27-20(21,22)23/h5-12H,2-4H2,1H3/t12-/m0/s1. The van der Waals surface area contributed by atoms with Gasteiger partial charge in [-0.15, -0.1) is 13.2 Å². The molecule has 0 aromatic heterocycles. The summed E-state index contributed by atoms with van der Waals surface area (Å²) in [5.74, 6) is -1.56. The van der Waals surface area contributed by atoms with Gasteiger partial charge >= 0.3 is 12.3 Å². The summed E-state index contributed by atoms with van der Waals surface area (Å²) in [5.41, 5.74) is 2.87. The van der Waals surface area contributed by atoms with E-state index in [4.69, 9.17) is 4.74 Å². The molecule has 3 rings (SSSR count). The molecule has 0 spiro atoms. The van der Waals surface area contributed by atoms with Crippen LogP contribution >= 0.6 is 0 Å². The zero-order valence-electron chi connectivity index (χ0n) is 14.5. The molecule has 0 saturated heterocycles. The van der Waals surface area contributed by atoms with Crippen LogP contribution < -0.4 is 4.74 Å². The van der Waals surface area contributed by atoms with Crippen molar-refractivity contribution in [3.8, 4) is 5.75 Å². The molecule has 27 heavy (non-hydrogen) atoms. The Bertz CT molecular complexity index is 857. The van der Waals surface area contributed by atoms with E-state index < -0.39 is 24.2 Å². The molecular weight excluding hydrogens is 361 g/mol. The second kappa shape index (κ2) is 7.42. The summed E-state index contributed by atoms with van der Waals surface area (Å²) in [4.78, 5) is 24.6. The topological polar surface area (TPSA) is 52.6 Å². The largest absolute Gasteiger partial charge is 0.573 e. The summed E-state index contributed by atoms with van der Waals surface area (Å²) in [6, 6.07) is 9.79. The highest BCUT2D eigenvalue weighted by Gasteiger charge is 2.31. The molecule has 0 unspecified atom stereocenters. The summed E-state index contributed by atoms with van der Waals surface area (Å²) < 4.78 is 45.4. The van der Waals surface area contributed by atoms with Gasteiger partial charge in [0.15, 0.2) is 6.10 Å². The van der Waals surface area contributed by atoms with E-state index in [1.807, 2.05) is 12.1 Å². The number of aryl methyl sites for hydroxylation is 2. The lowest BCUT2D eigenvalue weighted by Gasteiger charge is -2.14. The highest BCUT2D eigenvalue weighted by molar-refractivity contribution is 6.01. The van der Waals surface area contributed by atoms with Crippen molar-refractivity contribution in [3.05, 3.63) is 64.7 Å². The maximum absolute atomic E-state index is 12.5. The first-order valence-corrected chi connectivity index (χ1v) is 8.46. The molecule has 0 heterocycles. The van der Waals surface area contributed by atoms with E-state index >= 15 is 0 Å². The molecule has 0 amide bonds. The normalized spacial score (nSPS) is 14.4. The van der Waals surface area contributed by atoms with Gasteiger partial charge in [0.2, 0.25) is 5.78 Å². The minimum Gasteiger partial charge on any atom is -0.451 e. The molecule has 0 bridgehead atoms. The Morgan fingerprint density at radius 1 is 0.963 bits per heavy atom. The molecule has 1 atom stereocenters. The van der Waals surface area contributed by atoms with Crippen LogP contribution in [-0.2, 0) is 17.6 Å². The van der Waals surface area contributed by atoms with Gasteiger partial charge in [0.05, 0.1) is 5.56 Å². The van der Waals surface area contributed by atoms with Crippen LogP contribution in [0.25, 0.3) is 0 Å². The smallest absolute Gasteiger partial charge is 0.451 e. The third-order valence-electron chi connectivity index (χ3n) is 4.36. The summed E-state index contributed by atoms with van der Waals surface area (Å²) in [6.45, 7) is 1.47. The van der Waals surface area contributed by atoms with Crippen molar-refractivity contribution in [2.24, 2.45) is 0 Å². The molecule has 1 aliphatic carbocycles. The number of ketones is 1. The van der Waals surface area contributed by atoms with E-state index in [1.165, 1.54) is 12.5 Å². The number of halogens is 3. The Morgan fingerprint density at radius 3 is 2.26 bits per heavy atom. The number of fused-ring (bicyclic) bond motifs is 1. The molecule has 0 fully saturated rings. The first-order chi connectivity index (χ1) is 12.7. The number of rotatable bonds is 5. The first-order valence-electron chi connectivity index (χ1n) is 8.46. The number of hydrogen-bond acceptors (Lipinski definition) is 4. The first kappa shape index (κ1) is 18.9. The fourth-order valence-corrected chi connectivity index (χ4v) is 3.03. The van der Waals surface area contributed by atoms with Gasteiger partial charge in [-0.2, -0.15) is 0 Å². The van der Waals surface area contributed by atoms with E-state index in [1.54, 1.807) is 6.07 Å².